The molecule has 3 aromatic carbocycles. The molecule has 30 heavy (non-hydrogen) atoms. The standard InChI is InChI=1S/C24H22ClNO4/c1-16(26-30-15-18-6-4-8-21(25)12-18)22-14-20(9-10-23(22)29-2)19-7-3-5-17(11-19)13-24(27)28/h3-12,14H,13,15H2,1-2H3,(H,27,28)/b26-16+. The molecule has 5 nitrogen and oxygen atoms in total. The van der Waals surface area contributed by atoms with E-state index in [1.165, 1.54) is 0 Å². The molecule has 0 atom stereocenters. The zero-order valence-electron chi connectivity index (χ0n) is 16.8. The molecule has 3 rings (SSSR count). The van der Waals surface area contributed by atoms with Gasteiger partial charge in [-0.1, -0.05) is 59.2 Å². The summed E-state index contributed by atoms with van der Waals surface area (Å²) in [4.78, 5) is 16.5. The van der Waals surface area contributed by atoms with Gasteiger partial charge in [-0.3, -0.25) is 4.79 Å². The van der Waals surface area contributed by atoms with E-state index >= 15 is 0 Å². The van der Waals surface area contributed by atoms with E-state index in [4.69, 9.17) is 26.3 Å². The van der Waals surface area contributed by atoms with Gasteiger partial charge in [-0.25, -0.2) is 0 Å². The van der Waals surface area contributed by atoms with Crippen molar-refractivity contribution in [2.45, 2.75) is 20.0 Å². The fraction of sp³-hybridized carbons (Fsp3) is 0.167. The molecule has 0 radical (unpaired) electrons. The van der Waals surface area contributed by atoms with Crippen LogP contribution in [0.1, 0.15) is 23.6 Å². The van der Waals surface area contributed by atoms with Gasteiger partial charge in [-0.2, -0.15) is 0 Å². The van der Waals surface area contributed by atoms with Gasteiger partial charge in [0.2, 0.25) is 0 Å². The number of methoxy groups -OCH3 is 1. The number of hydrogen-bond acceptors (Lipinski definition) is 4. The van der Waals surface area contributed by atoms with Crippen molar-refractivity contribution in [2.24, 2.45) is 5.16 Å². The van der Waals surface area contributed by atoms with Crippen LogP contribution in [0.5, 0.6) is 5.75 Å². The van der Waals surface area contributed by atoms with Crippen LogP contribution in [0, 0.1) is 0 Å². The molecule has 6 heteroatoms. The third-order valence-corrected chi connectivity index (χ3v) is 4.76. The van der Waals surface area contributed by atoms with Crippen LogP contribution in [0.15, 0.2) is 71.9 Å². The van der Waals surface area contributed by atoms with Crippen molar-refractivity contribution < 1.29 is 19.5 Å². The molecule has 3 aromatic rings. The van der Waals surface area contributed by atoms with E-state index in [1.54, 1.807) is 19.2 Å². The summed E-state index contributed by atoms with van der Waals surface area (Å²) < 4.78 is 5.48. The number of carbonyl (C=O) groups is 1. The summed E-state index contributed by atoms with van der Waals surface area (Å²) >= 11 is 6.00. The van der Waals surface area contributed by atoms with Gasteiger partial charge in [0.25, 0.3) is 0 Å². The first-order valence-corrected chi connectivity index (χ1v) is 9.74. The summed E-state index contributed by atoms with van der Waals surface area (Å²) in [6.07, 6.45) is -0.0192. The second kappa shape index (κ2) is 9.94. The molecule has 0 amide bonds. The third kappa shape index (κ3) is 5.61. The van der Waals surface area contributed by atoms with Gasteiger partial charge < -0.3 is 14.7 Å². The number of benzene rings is 3. The molecule has 0 heterocycles. The van der Waals surface area contributed by atoms with E-state index in [0.717, 1.165) is 27.8 Å². The molecule has 0 bridgehead atoms. The summed E-state index contributed by atoms with van der Waals surface area (Å²) in [7, 11) is 1.60. The lowest BCUT2D eigenvalue weighted by atomic mass is 9.98. The van der Waals surface area contributed by atoms with Crippen LogP contribution >= 0.6 is 11.6 Å². The summed E-state index contributed by atoms with van der Waals surface area (Å²) in [6, 6.07) is 20.7. The molecule has 0 aliphatic rings. The topological polar surface area (TPSA) is 68.1 Å². The highest BCUT2D eigenvalue weighted by atomic mass is 35.5. The Kier molecular flexibility index (Phi) is 7.09. The summed E-state index contributed by atoms with van der Waals surface area (Å²) in [5.41, 5.74) is 4.98. The van der Waals surface area contributed by atoms with Crippen molar-refractivity contribution in [3.8, 4) is 16.9 Å². The number of halogens is 1. The zero-order valence-corrected chi connectivity index (χ0v) is 17.5. The van der Waals surface area contributed by atoms with E-state index in [2.05, 4.69) is 5.16 Å². The lowest BCUT2D eigenvalue weighted by Crippen LogP contribution is -2.02. The highest BCUT2D eigenvalue weighted by molar-refractivity contribution is 6.30. The molecule has 0 aromatic heterocycles. The minimum atomic E-state index is -0.859. The molecule has 0 aliphatic heterocycles. The largest absolute Gasteiger partial charge is 0.496 e. The van der Waals surface area contributed by atoms with Crippen LogP contribution in [0.4, 0.5) is 0 Å². The Hall–Kier alpha value is -3.31. The number of carboxylic acids is 1. The molecular weight excluding hydrogens is 402 g/mol. The van der Waals surface area contributed by atoms with E-state index in [9.17, 15) is 4.79 Å². The summed E-state index contributed by atoms with van der Waals surface area (Å²) in [5, 5.41) is 13.9. The van der Waals surface area contributed by atoms with Gasteiger partial charge >= 0.3 is 5.97 Å². The van der Waals surface area contributed by atoms with Crippen LogP contribution in [-0.4, -0.2) is 23.9 Å². The van der Waals surface area contributed by atoms with Crippen molar-refractivity contribution in [3.05, 3.63) is 88.4 Å². The number of oxime groups is 1. The average molecular weight is 424 g/mol. The van der Waals surface area contributed by atoms with Crippen molar-refractivity contribution in [3.63, 3.8) is 0 Å². The van der Waals surface area contributed by atoms with E-state index in [1.807, 2.05) is 61.5 Å². The number of hydrogen-bond donors (Lipinski definition) is 1. The molecule has 1 N–H and O–H groups in total. The van der Waals surface area contributed by atoms with Gasteiger partial charge in [0.05, 0.1) is 19.2 Å². The molecule has 0 spiro atoms. The maximum absolute atomic E-state index is 11.0. The lowest BCUT2D eigenvalue weighted by molar-refractivity contribution is -0.136. The zero-order chi connectivity index (χ0) is 21.5. The first-order valence-electron chi connectivity index (χ1n) is 9.37. The molecule has 0 aliphatic carbocycles. The van der Waals surface area contributed by atoms with Crippen LogP contribution in [-0.2, 0) is 22.7 Å². The Morgan fingerprint density at radius 3 is 2.47 bits per heavy atom. The highest BCUT2D eigenvalue weighted by Crippen LogP contribution is 2.28. The van der Waals surface area contributed by atoms with Gasteiger partial charge in [-0.05, 0) is 53.4 Å². The number of ether oxygens (including phenoxy) is 1. The molecule has 0 saturated carbocycles. The first kappa shape index (κ1) is 21.4. The molecule has 0 saturated heterocycles. The maximum Gasteiger partial charge on any atom is 0.307 e. The predicted molar refractivity (Wildman–Crippen MR) is 118 cm³/mol. The fourth-order valence-electron chi connectivity index (χ4n) is 3.09. The molecule has 154 valence electrons. The number of rotatable bonds is 8. The van der Waals surface area contributed by atoms with Gasteiger partial charge in [0.15, 0.2) is 0 Å². The van der Waals surface area contributed by atoms with Crippen LogP contribution in [0.3, 0.4) is 0 Å². The Bertz CT molecular complexity index is 1080. The van der Waals surface area contributed by atoms with Gasteiger partial charge in [-0.15, -0.1) is 0 Å². The van der Waals surface area contributed by atoms with Crippen LogP contribution in [0.25, 0.3) is 11.1 Å². The maximum atomic E-state index is 11.0. The minimum Gasteiger partial charge on any atom is -0.496 e. The summed E-state index contributed by atoms with van der Waals surface area (Å²) in [5.74, 6) is -0.185. The minimum absolute atomic E-state index is 0.0192. The normalized spacial score (nSPS) is 11.2. The molecular formula is C24H22ClNO4. The molecule has 0 fully saturated rings. The Morgan fingerprint density at radius 1 is 1.00 bits per heavy atom. The Morgan fingerprint density at radius 2 is 1.73 bits per heavy atom. The average Bonchev–Trinajstić information content (AvgIpc) is 2.73. The Labute approximate surface area is 180 Å². The second-order valence-corrected chi connectivity index (χ2v) is 7.20. The monoisotopic (exact) mass is 423 g/mol. The quantitative estimate of drug-likeness (QED) is 0.379. The SMILES string of the molecule is COc1ccc(-c2cccc(CC(=O)O)c2)cc1/C(C)=N/OCc1cccc(Cl)c1. The lowest BCUT2D eigenvalue weighted by Gasteiger charge is -2.12. The smallest absolute Gasteiger partial charge is 0.307 e. The van der Waals surface area contributed by atoms with E-state index in [0.29, 0.717) is 23.1 Å². The summed E-state index contributed by atoms with van der Waals surface area (Å²) in [6.45, 7) is 2.15. The predicted octanol–water partition coefficient (Wildman–Crippen LogP) is 5.58. The third-order valence-electron chi connectivity index (χ3n) is 4.53. The highest BCUT2D eigenvalue weighted by Gasteiger charge is 2.11. The Balaban J connectivity index is 1.84. The number of carboxylic acid groups (broad SMARTS) is 1. The van der Waals surface area contributed by atoms with Crippen molar-refractivity contribution in [2.75, 3.05) is 7.11 Å². The van der Waals surface area contributed by atoms with Gasteiger partial charge in [0.1, 0.15) is 12.4 Å². The van der Waals surface area contributed by atoms with Crippen molar-refractivity contribution in [1.29, 1.82) is 0 Å². The molecule has 0 unspecified atom stereocenters. The van der Waals surface area contributed by atoms with Crippen LogP contribution < -0.4 is 4.74 Å². The van der Waals surface area contributed by atoms with Gasteiger partial charge in [0, 0.05) is 10.6 Å². The van der Waals surface area contributed by atoms with E-state index in [-0.39, 0.29) is 6.42 Å². The van der Waals surface area contributed by atoms with Crippen molar-refractivity contribution in [1.82, 2.24) is 0 Å². The van der Waals surface area contributed by atoms with E-state index < -0.39 is 5.97 Å². The second-order valence-electron chi connectivity index (χ2n) is 6.77. The number of nitrogens with zero attached hydrogens (tertiary/aromatic N) is 1. The fourth-order valence-corrected chi connectivity index (χ4v) is 3.30. The first-order chi connectivity index (χ1) is 14.5. The van der Waals surface area contributed by atoms with Crippen LogP contribution in [0.2, 0.25) is 5.02 Å². The number of aliphatic carboxylic acids is 1. The van der Waals surface area contributed by atoms with Crippen molar-refractivity contribution >= 4 is 23.3 Å².